The maximum absolute atomic E-state index is 11.8. The van der Waals surface area contributed by atoms with E-state index in [9.17, 15) is 4.79 Å². The van der Waals surface area contributed by atoms with Crippen LogP contribution >= 0.6 is 23.2 Å². The van der Waals surface area contributed by atoms with E-state index in [1.165, 1.54) is 0 Å². The highest BCUT2D eigenvalue weighted by Gasteiger charge is 2.21. The van der Waals surface area contributed by atoms with E-state index in [1.807, 2.05) is 0 Å². The van der Waals surface area contributed by atoms with Gasteiger partial charge in [0.25, 0.3) is 5.91 Å². The van der Waals surface area contributed by atoms with Crippen LogP contribution in [0.4, 0.5) is 0 Å². The summed E-state index contributed by atoms with van der Waals surface area (Å²) in [6, 6.07) is 4.91. The van der Waals surface area contributed by atoms with Crippen molar-refractivity contribution >= 4 is 29.1 Å². The number of nitrogens with zero attached hydrogens (tertiary/aromatic N) is 1. The molecule has 2 rings (SSSR count). The number of carbonyl (C=O) groups excluding carboxylic acids is 1. The molecule has 24 heavy (non-hydrogen) atoms. The first-order chi connectivity index (χ1) is 11.4. The highest BCUT2D eigenvalue weighted by molar-refractivity contribution is 6.35. The number of halogens is 2. The standard InChI is InChI=1S/C17H24Cl2N2O3/c1-12-9-21(10-13(2)24-12)7-3-6-20-17(22)11-23-16-5-4-14(18)8-15(16)19/h4-5,8,12-13H,3,6-7,9-11H2,1-2H3,(H,20,22). The Kier molecular flexibility index (Phi) is 7.62. The molecule has 1 aliphatic heterocycles. The Hall–Kier alpha value is -1.01. The fourth-order valence-electron chi connectivity index (χ4n) is 2.78. The highest BCUT2D eigenvalue weighted by Crippen LogP contribution is 2.27. The number of ether oxygens (including phenoxy) is 2. The summed E-state index contributed by atoms with van der Waals surface area (Å²) >= 11 is 11.8. The van der Waals surface area contributed by atoms with Gasteiger partial charge < -0.3 is 14.8 Å². The van der Waals surface area contributed by atoms with Crippen molar-refractivity contribution in [2.45, 2.75) is 32.5 Å². The van der Waals surface area contributed by atoms with E-state index in [1.54, 1.807) is 18.2 Å². The van der Waals surface area contributed by atoms with Crippen LogP contribution in [0.5, 0.6) is 5.75 Å². The lowest BCUT2D eigenvalue weighted by atomic mass is 10.2. The van der Waals surface area contributed by atoms with E-state index in [4.69, 9.17) is 32.7 Å². The number of nitrogens with one attached hydrogen (secondary N) is 1. The molecule has 1 aromatic carbocycles. The zero-order valence-electron chi connectivity index (χ0n) is 14.1. The molecular formula is C17H24Cl2N2O3. The van der Waals surface area contributed by atoms with Crippen molar-refractivity contribution in [2.24, 2.45) is 0 Å². The largest absolute Gasteiger partial charge is 0.482 e. The zero-order chi connectivity index (χ0) is 17.5. The van der Waals surface area contributed by atoms with Crippen LogP contribution in [0.3, 0.4) is 0 Å². The summed E-state index contributed by atoms with van der Waals surface area (Å²) in [5.74, 6) is 0.289. The summed E-state index contributed by atoms with van der Waals surface area (Å²) in [6.07, 6.45) is 1.43. The summed E-state index contributed by atoms with van der Waals surface area (Å²) < 4.78 is 11.1. The second-order valence-electron chi connectivity index (χ2n) is 6.08. The first kappa shape index (κ1) is 19.3. The molecule has 1 fully saturated rings. The molecule has 5 nitrogen and oxygen atoms in total. The molecule has 1 heterocycles. The van der Waals surface area contributed by atoms with Gasteiger partial charge in [-0.3, -0.25) is 9.69 Å². The number of benzene rings is 1. The molecule has 0 aliphatic carbocycles. The summed E-state index contributed by atoms with van der Waals surface area (Å²) in [5.41, 5.74) is 0. The third kappa shape index (κ3) is 6.48. The molecule has 0 radical (unpaired) electrons. The van der Waals surface area contributed by atoms with E-state index in [0.29, 0.717) is 22.3 Å². The van der Waals surface area contributed by atoms with Gasteiger partial charge in [-0.15, -0.1) is 0 Å². The molecule has 0 spiro atoms. The number of amides is 1. The van der Waals surface area contributed by atoms with Gasteiger partial charge in [0.15, 0.2) is 6.61 Å². The molecule has 1 aliphatic rings. The van der Waals surface area contributed by atoms with Crippen LogP contribution in [0.15, 0.2) is 18.2 Å². The van der Waals surface area contributed by atoms with E-state index >= 15 is 0 Å². The fourth-order valence-corrected chi connectivity index (χ4v) is 3.25. The summed E-state index contributed by atoms with van der Waals surface area (Å²) in [7, 11) is 0. The smallest absolute Gasteiger partial charge is 0.257 e. The number of carbonyl (C=O) groups is 1. The number of hydrogen-bond donors (Lipinski definition) is 1. The Bertz CT molecular complexity index is 547. The van der Waals surface area contributed by atoms with E-state index in [-0.39, 0.29) is 24.7 Å². The lowest BCUT2D eigenvalue weighted by molar-refractivity contribution is -0.123. The van der Waals surface area contributed by atoms with E-state index < -0.39 is 0 Å². The maximum atomic E-state index is 11.8. The quantitative estimate of drug-likeness (QED) is 0.745. The Morgan fingerprint density at radius 3 is 2.71 bits per heavy atom. The van der Waals surface area contributed by atoms with Gasteiger partial charge >= 0.3 is 0 Å². The van der Waals surface area contributed by atoms with Gasteiger partial charge in [0.05, 0.1) is 17.2 Å². The van der Waals surface area contributed by atoms with Crippen LogP contribution in [0.2, 0.25) is 10.0 Å². The second-order valence-corrected chi connectivity index (χ2v) is 6.93. The molecule has 2 atom stereocenters. The van der Waals surface area contributed by atoms with Crippen molar-refractivity contribution in [3.63, 3.8) is 0 Å². The van der Waals surface area contributed by atoms with Gasteiger partial charge in [0.2, 0.25) is 0 Å². The van der Waals surface area contributed by atoms with Gasteiger partial charge in [-0.05, 0) is 38.5 Å². The first-order valence-corrected chi connectivity index (χ1v) is 8.92. The lowest BCUT2D eigenvalue weighted by Crippen LogP contribution is -2.46. The monoisotopic (exact) mass is 374 g/mol. The minimum absolute atomic E-state index is 0.0625. The Morgan fingerprint density at radius 1 is 1.33 bits per heavy atom. The summed E-state index contributed by atoms with van der Waals surface area (Å²) in [5, 5.41) is 3.78. The number of rotatable bonds is 7. The van der Waals surface area contributed by atoms with Gasteiger partial charge in [0, 0.05) is 31.2 Å². The van der Waals surface area contributed by atoms with Crippen LogP contribution in [0.25, 0.3) is 0 Å². The van der Waals surface area contributed by atoms with Crippen LogP contribution in [-0.2, 0) is 9.53 Å². The van der Waals surface area contributed by atoms with Gasteiger partial charge in [0.1, 0.15) is 5.75 Å². The van der Waals surface area contributed by atoms with Crippen molar-refractivity contribution in [2.75, 3.05) is 32.8 Å². The normalized spacial score (nSPS) is 21.5. The van der Waals surface area contributed by atoms with E-state index in [2.05, 4.69) is 24.1 Å². The van der Waals surface area contributed by atoms with Crippen molar-refractivity contribution in [3.05, 3.63) is 28.2 Å². The predicted octanol–water partition coefficient (Wildman–Crippen LogP) is 2.99. The number of hydrogen-bond acceptors (Lipinski definition) is 4. The highest BCUT2D eigenvalue weighted by atomic mass is 35.5. The third-order valence-electron chi connectivity index (χ3n) is 3.72. The molecule has 1 amide bonds. The number of morpholine rings is 1. The van der Waals surface area contributed by atoms with Crippen molar-refractivity contribution < 1.29 is 14.3 Å². The zero-order valence-corrected chi connectivity index (χ0v) is 15.6. The molecule has 1 saturated heterocycles. The molecule has 1 N–H and O–H groups in total. The Labute approximate surface area is 153 Å². The lowest BCUT2D eigenvalue weighted by Gasteiger charge is -2.35. The minimum Gasteiger partial charge on any atom is -0.482 e. The molecular weight excluding hydrogens is 351 g/mol. The molecule has 0 aromatic heterocycles. The van der Waals surface area contributed by atoms with Gasteiger partial charge in [-0.2, -0.15) is 0 Å². The fraction of sp³-hybridized carbons (Fsp3) is 0.588. The first-order valence-electron chi connectivity index (χ1n) is 8.16. The summed E-state index contributed by atoms with van der Waals surface area (Å²) in [4.78, 5) is 14.2. The van der Waals surface area contributed by atoms with Gasteiger partial charge in [-0.25, -0.2) is 0 Å². The molecule has 0 bridgehead atoms. The average Bonchev–Trinajstić information content (AvgIpc) is 2.50. The minimum atomic E-state index is -0.162. The average molecular weight is 375 g/mol. The molecule has 134 valence electrons. The van der Waals surface area contributed by atoms with Crippen LogP contribution in [0, 0.1) is 0 Å². The molecule has 7 heteroatoms. The second kappa shape index (κ2) is 9.47. The van der Waals surface area contributed by atoms with Crippen LogP contribution < -0.4 is 10.1 Å². The maximum Gasteiger partial charge on any atom is 0.257 e. The summed E-state index contributed by atoms with van der Waals surface area (Å²) in [6.45, 7) is 7.56. The van der Waals surface area contributed by atoms with Gasteiger partial charge in [-0.1, -0.05) is 23.2 Å². The topological polar surface area (TPSA) is 50.8 Å². The molecule has 2 unspecified atom stereocenters. The van der Waals surface area contributed by atoms with Crippen LogP contribution in [-0.4, -0.2) is 55.8 Å². The Balaban J connectivity index is 1.61. The predicted molar refractivity (Wildman–Crippen MR) is 96.0 cm³/mol. The SMILES string of the molecule is CC1CN(CCCNC(=O)COc2ccc(Cl)cc2Cl)CC(C)O1. The Morgan fingerprint density at radius 2 is 2.04 bits per heavy atom. The van der Waals surface area contributed by atoms with Crippen molar-refractivity contribution in [1.29, 1.82) is 0 Å². The van der Waals surface area contributed by atoms with Crippen LogP contribution in [0.1, 0.15) is 20.3 Å². The van der Waals surface area contributed by atoms with E-state index in [0.717, 1.165) is 26.1 Å². The van der Waals surface area contributed by atoms with Crippen molar-refractivity contribution in [1.82, 2.24) is 10.2 Å². The van der Waals surface area contributed by atoms with Crippen molar-refractivity contribution in [3.8, 4) is 5.75 Å². The molecule has 1 aromatic rings. The third-order valence-corrected chi connectivity index (χ3v) is 4.25. The molecule has 0 saturated carbocycles.